The van der Waals surface area contributed by atoms with Crippen molar-refractivity contribution in [3.05, 3.63) is 65.7 Å². The zero-order valence-corrected chi connectivity index (χ0v) is 11.8. The molecule has 0 spiro atoms. The van der Waals surface area contributed by atoms with E-state index in [4.69, 9.17) is 9.47 Å². The molecule has 2 aromatic carbocycles. The van der Waals surface area contributed by atoms with Crippen molar-refractivity contribution in [1.82, 2.24) is 5.32 Å². The molecule has 3 heteroatoms. The first-order valence-electron chi connectivity index (χ1n) is 6.84. The summed E-state index contributed by atoms with van der Waals surface area (Å²) in [5.74, 6) is 0.921. The molecule has 2 rings (SSSR count). The first-order valence-corrected chi connectivity index (χ1v) is 6.84. The van der Waals surface area contributed by atoms with Crippen molar-refractivity contribution < 1.29 is 9.47 Å². The van der Waals surface area contributed by atoms with Crippen LogP contribution < -0.4 is 10.1 Å². The molecule has 0 saturated carbocycles. The van der Waals surface area contributed by atoms with Crippen LogP contribution in [0.5, 0.6) is 5.75 Å². The lowest BCUT2D eigenvalue weighted by atomic mass is 10.2. The van der Waals surface area contributed by atoms with E-state index in [1.165, 1.54) is 11.1 Å². The summed E-state index contributed by atoms with van der Waals surface area (Å²) in [5.41, 5.74) is 2.45. The van der Waals surface area contributed by atoms with Gasteiger partial charge in [0.25, 0.3) is 0 Å². The Balaban J connectivity index is 1.85. The second-order valence-electron chi connectivity index (χ2n) is 4.54. The molecule has 0 amide bonds. The van der Waals surface area contributed by atoms with Gasteiger partial charge in [0.15, 0.2) is 0 Å². The minimum atomic E-state index is 0.576. The van der Waals surface area contributed by atoms with Gasteiger partial charge in [-0.3, -0.25) is 0 Å². The zero-order valence-electron chi connectivity index (χ0n) is 11.8. The maximum atomic E-state index is 5.72. The summed E-state index contributed by atoms with van der Waals surface area (Å²) in [4.78, 5) is 0. The minimum absolute atomic E-state index is 0.576. The highest BCUT2D eigenvalue weighted by Gasteiger charge is 2.02. The molecular formula is C17H21NO2. The van der Waals surface area contributed by atoms with E-state index in [9.17, 15) is 0 Å². The highest BCUT2D eigenvalue weighted by Crippen LogP contribution is 2.17. The highest BCUT2D eigenvalue weighted by molar-refractivity contribution is 5.33. The number of methoxy groups -OCH3 is 1. The van der Waals surface area contributed by atoms with Crippen molar-refractivity contribution in [2.24, 2.45) is 0 Å². The molecule has 0 bridgehead atoms. The molecule has 0 aliphatic rings. The quantitative estimate of drug-likeness (QED) is 0.749. The van der Waals surface area contributed by atoms with Crippen LogP contribution in [-0.2, 0) is 17.8 Å². The van der Waals surface area contributed by atoms with Gasteiger partial charge in [-0.15, -0.1) is 0 Å². The Morgan fingerprint density at radius 2 is 1.60 bits per heavy atom. The van der Waals surface area contributed by atoms with Crippen molar-refractivity contribution >= 4 is 0 Å². The lowest BCUT2D eigenvalue weighted by molar-refractivity contribution is 0.145. The van der Waals surface area contributed by atoms with Gasteiger partial charge in [-0.2, -0.15) is 0 Å². The van der Waals surface area contributed by atoms with Crippen molar-refractivity contribution in [3.63, 3.8) is 0 Å². The predicted molar refractivity (Wildman–Crippen MR) is 80.8 cm³/mol. The van der Waals surface area contributed by atoms with Crippen LogP contribution >= 0.6 is 0 Å². The van der Waals surface area contributed by atoms with Crippen LogP contribution in [0, 0.1) is 0 Å². The molecular weight excluding hydrogens is 250 g/mol. The molecule has 1 N–H and O–H groups in total. The van der Waals surface area contributed by atoms with E-state index in [0.29, 0.717) is 13.2 Å². The number of hydrogen-bond donors (Lipinski definition) is 1. The molecule has 20 heavy (non-hydrogen) atoms. The van der Waals surface area contributed by atoms with Gasteiger partial charge in [-0.05, 0) is 11.6 Å². The van der Waals surface area contributed by atoms with Gasteiger partial charge >= 0.3 is 0 Å². The van der Waals surface area contributed by atoms with Gasteiger partial charge in [-0.1, -0.05) is 48.5 Å². The first-order chi connectivity index (χ1) is 9.90. The zero-order chi connectivity index (χ0) is 14.0. The minimum Gasteiger partial charge on any atom is -0.491 e. The molecule has 0 saturated heterocycles. The van der Waals surface area contributed by atoms with Crippen LogP contribution in [0.1, 0.15) is 11.1 Å². The van der Waals surface area contributed by atoms with E-state index < -0.39 is 0 Å². The molecule has 0 aliphatic heterocycles. The van der Waals surface area contributed by atoms with Crippen molar-refractivity contribution in [2.75, 3.05) is 20.3 Å². The third-order valence-corrected chi connectivity index (χ3v) is 3.01. The van der Waals surface area contributed by atoms with Crippen LogP contribution in [0.15, 0.2) is 54.6 Å². The Bertz CT molecular complexity index is 499. The average molecular weight is 271 g/mol. The number of hydrogen-bond acceptors (Lipinski definition) is 3. The molecule has 2 aromatic rings. The second kappa shape index (κ2) is 8.35. The average Bonchev–Trinajstić information content (AvgIpc) is 2.50. The summed E-state index contributed by atoms with van der Waals surface area (Å²) >= 11 is 0. The molecule has 0 heterocycles. The molecule has 0 unspecified atom stereocenters. The molecule has 106 valence electrons. The fourth-order valence-corrected chi connectivity index (χ4v) is 1.96. The standard InChI is InChI=1S/C17H21NO2/c1-19-11-12-20-17-10-6-5-9-16(17)14-18-13-15-7-3-2-4-8-15/h2-10,18H,11-14H2,1H3. The highest BCUT2D eigenvalue weighted by atomic mass is 16.5. The van der Waals surface area contributed by atoms with E-state index in [-0.39, 0.29) is 0 Å². The number of para-hydroxylation sites is 1. The molecule has 0 aromatic heterocycles. The summed E-state index contributed by atoms with van der Waals surface area (Å²) in [7, 11) is 1.68. The van der Waals surface area contributed by atoms with Gasteiger partial charge in [0.2, 0.25) is 0 Å². The lowest BCUT2D eigenvalue weighted by Gasteiger charge is -2.12. The number of nitrogens with one attached hydrogen (secondary N) is 1. The van der Waals surface area contributed by atoms with Gasteiger partial charge in [0.1, 0.15) is 12.4 Å². The van der Waals surface area contributed by atoms with E-state index in [2.05, 4.69) is 35.6 Å². The van der Waals surface area contributed by atoms with Crippen LogP contribution in [0.2, 0.25) is 0 Å². The monoisotopic (exact) mass is 271 g/mol. The van der Waals surface area contributed by atoms with E-state index in [0.717, 1.165) is 18.8 Å². The summed E-state index contributed by atoms with van der Waals surface area (Å²) in [6.07, 6.45) is 0. The Morgan fingerprint density at radius 1 is 0.850 bits per heavy atom. The van der Waals surface area contributed by atoms with Crippen LogP contribution in [0.4, 0.5) is 0 Å². The Labute approximate surface area is 120 Å². The van der Waals surface area contributed by atoms with Gasteiger partial charge < -0.3 is 14.8 Å². The lowest BCUT2D eigenvalue weighted by Crippen LogP contribution is -2.14. The molecule has 0 aliphatic carbocycles. The van der Waals surface area contributed by atoms with E-state index in [1.807, 2.05) is 24.3 Å². The predicted octanol–water partition coefficient (Wildman–Crippen LogP) is 3.00. The molecule has 3 nitrogen and oxygen atoms in total. The maximum absolute atomic E-state index is 5.72. The van der Waals surface area contributed by atoms with Crippen molar-refractivity contribution in [3.8, 4) is 5.75 Å². The van der Waals surface area contributed by atoms with Crippen LogP contribution in [-0.4, -0.2) is 20.3 Å². The summed E-state index contributed by atoms with van der Waals surface area (Å²) in [5, 5.41) is 3.44. The molecule has 0 radical (unpaired) electrons. The smallest absolute Gasteiger partial charge is 0.123 e. The molecule has 0 atom stereocenters. The summed E-state index contributed by atoms with van der Waals surface area (Å²) < 4.78 is 10.7. The van der Waals surface area contributed by atoms with Crippen molar-refractivity contribution in [1.29, 1.82) is 0 Å². The summed E-state index contributed by atoms with van der Waals surface area (Å²) in [6.45, 7) is 2.82. The Hall–Kier alpha value is -1.84. The first kappa shape index (κ1) is 14.6. The van der Waals surface area contributed by atoms with Gasteiger partial charge in [0.05, 0.1) is 6.61 Å². The third kappa shape index (κ3) is 4.68. The topological polar surface area (TPSA) is 30.5 Å². The SMILES string of the molecule is COCCOc1ccccc1CNCc1ccccc1. The third-order valence-electron chi connectivity index (χ3n) is 3.01. The van der Waals surface area contributed by atoms with Crippen LogP contribution in [0.3, 0.4) is 0 Å². The normalized spacial score (nSPS) is 10.4. The van der Waals surface area contributed by atoms with Gasteiger partial charge in [-0.25, -0.2) is 0 Å². The largest absolute Gasteiger partial charge is 0.491 e. The number of rotatable bonds is 8. The van der Waals surface area contributed by atoms with Crippen molar-refractivity contribution in [2.45, 2.75) is 13.1 Å². The van der Waals surface area contributed by atoms with Crippen LogP contribution in [0.25, 0.3) is 0 Å². The fourth-order valence-electron chi connectivity index (χ4n) is 1.96. The number of benzene rings is 2. The Kier molecular flexibility index (Phi) is 6.08. The second-order valence-corrected chi connectivity index (χ2v) is 4.54. The van der Waals surface area contributed by atoms with E-state index in [1.54, 1.807) is 7.11 Å². The van der Waals surface area contributed by atoms with E-state index >= 15 is 0 Å². The Morgan fingerprint density at radius 3 is 2.40 bits per heavy atom. The maximum Gasteiger partial charge on any atom is 0.123 e. The van der Waals surface area contributed by atoms with Gasteiger partial charge in [0, 0.05) is 25.8 Å². The number of ether oxygens (including phenoxy) is 2. The molecule has 0 fully saturated rings. The fraction of sp³-hybridized carbons (Fsp3) is 0.294. The summed E-state index contributed by atoms with van der Waals surface area (Å²) in [6, 6.07) is 18.5.